The van der Waals surface area contributed by atoms with E-state index in [4.69, 9.17) is 40.5 Å². The fourth-order valence-corrected chi connectivity index (χ4v) is 2.46. The first-order valence-corrected chi connectivity index (χ1v) is 6.63. The van der Waals surface area contributed by atoms with Crippen LogP contribution in [0.1, 0.15) is 15.9 Å². The SMILES string of the molecule is Nc1ccc(CC(=O)c2ccc(Cl)cc2Cl)c(Cl)c1. The molecule has 98 valence electrons. The number of nitrogen functional groups attached to an aromatic ring is 1. The number of rotatable bonds is 3. The molecule has 2 rings (SSSR count). The number of halogens is 3. The number of anilines is 1. The average molecular weight is 315 g/mol. The summed E-state index contributed by atoms with van der Waals surface area (Å²) in [5.41, 5.74) is 7.31. The van der Waals surface area contributed by atoms with Crippen molar-refractivity contribution < 1.29 is 4.79 Å². The van der Waals surface area contributed by atoms with Gasteiger partial charge in [-0.05, 0) is 35.9 Å². The highest BCUT2D eigenvalue weighted by molar-refractivity contribution is 6.37. The molecule has 0 radical (unpaired) electrons. The Morgan fingerprint density at radius 3 is 2.37 bits per heavy atom. The summed E-state index contributed by atoms with van der Waals surface area (Å²) in [6.07, 6.45) is 0.167. The first-order valence-electron chi connectivity index (χ1n) is 5.49. The van der Waals surface area contributed by atoms with Crippen molar-refractivity contribution in [1.82, 2.24) is 0 Å². The Morgan fingerprint density at radius 2 is 1.74 bits per heavy atom. The number of carbonyl (C=O) groups is 1. The van der Waals surface area contributed by atoms with Crippen LogP contribution in [-0.2, 0) is 6.42 Å². The lowest BCUT2D eigenvalue weighted by Crippen LogP contribution is -2.05. The summed E-state index contributed by atoms with van der Waals surface area (Å²) in [5, 5.41) is 1.30. The molecule has 2 N–H and O–H groups in total. The second kappa shape index (κ2) is 5.83. The van der Waals surface area contributed by atoms with Crippen molar-refractivity contribution in [3.63, 3.8) is 0 Å². The summed E-state index contributed by atoms with van der Waals surface area (Å²) in [6.45, 7) is 0. The fourth-order valence-electron chi connectivity index (χ4n) is 1.69. The van der Waals surface area contributed by atoms with Gasteiger partial charge in [-0.15, -0.1) is 0 Å². The Labute approximate surface area is 126 Å². The summed E-state index contributed by atoms with van der Waals surface area (Å²) in [7, 11) is 0. The molecule has 5 heteroatoms. The van der Waals surface area contributed by atoms with Crippen LogP contribution in [0.25, 0.3) is 0 Å². The number of benzene rings is 2. The van der Waals surface area contributed by atoms with Gasteiger partial charge < -0.3 is 5.73 Å². The third-order valence-electron chi connectivity index (χ3n) is 2.66. The third-order valence-corrected chi connectivity index (χ3v) is 3.56. The molecule has 0 heterocycles. The van der Waals surface area contributed by atoms with E-state index in [1.165, 1.54) is 0 Å². The van der Waals surface area contributed by atoms with Crippen molar-refractivity contribution in [2.45, 2.75) is 6.42 Å². The maximum absolute atomic E-state index is 12.2. The summed E-state index contributed by atoms with van der Waals surface area (Å²) in [5.74, 6) is -0.117. The average Bonchev–Trinajstić information content (AvgIpc) is 2.32. The van der Waals surface area contributed by atoms with Crippen molar-refractivity contribution in [3.8, 4) is 0 Å². The van der Waals surface area contributed by atoms with Gasteiger partial charge in [0.25, 0.3) is 0 Å². The second-order valence-electron chi connectivity index (χ2n) is 4.07. The zero-order chi connectivity index (χ0) is 14.0. The van der Waals surface area contributed by atoms with Gasteiger partial charge in [-0.3, -0.25) is 4.79 Å². The van der Waals surface area contributed by atoms with Crippen molar-refractivity contribution >= 4 is 46.3 Å². The topological polar surface area (TPSA) is 43.1 Å². The van der Waals surface area contributed by atoms with Crippen LogP contribution in [0.3, 0.4) is 0 Å². The third kappa shape index (κ3) is 3.41. The summed E-state index contributed by atoms with van der Waals surface area (Å²) >= 11 is 17.8. The monoisotopic (exact) mass is 313 g/mol. The van der Waals surface area contributed by atoms with E-state index in [0.717, 1.165) is 0 Å². The molecule has 0 aliphatic rings. The van der Waals surface area contributed by atoms with Gasteiger partial charge in [0.15, 0.2) is 5.78 Å². The Kier molecular flexibility index (Phi) is 4.35. The first-order chi connectivity index (χ1) is 8.97. The molecule has 0 unspecified atom stereocenters. The fraction of sp³-hybridized carbons (Fsp3) is 0.0714. The predicted molar refractivity (Wildman–Crippen MR) is 80.4 cm³/mol. The normalized spacial score (nSPS) is 10.5. The highest BCUT2D eigenvalue weighted by Crippen LogP contribution is 2.25. The minimum Gasteiger partial charge on any atom is -0.399 e. The van der Waals surface area contributed by atoms with E-state index in [9.17, 15) is 4.79 Å². The van der Waals surface area contributed by atoms with Gasteiger partial charge >= 0.3 is 0 Å². The minimum atomic E-state index is -0.117. The Morgan fingerprint density at radius 1 is 1.00 bits per heavy atom. The maximum atomic E-state index is 12.2. The molecule has 0 saturated carbocycles. The molecule has 0 spiro atoms. The first kappa shape index (κ1) is 14.2. The highest BCUT2D eigenvalue weighted by atomic mass is 35.5. The van der Waals surface area contributed by atoms with Gasteiger partial charge in [0.2, 0.25) is 0 Å². The standard InChI is InChI=1S/C14H10Cl3NO/c15-9-2-4-11(13(17)6-9)14(19)5-8-1-3-10(18)7-12(8)16/h1-4,6-7H,5,18H2. The number of hydrogen-bond acceptors (Lipinski definition) is 2. The van der Waals surface area contributed by atoms with E-state index in [0.29, 0.717) is 31.9 Å². The zero-order valence-electron chi connectivity index (χ0n) is 9.79. The molecule has 0 atom stereocenters. The largest absolute Gasteiger partial charge is 0.399 e. The lowest BCUT2D eigenvalue weighted by atomic mass is 10.0. The van der Waals surface area contributed by atoms with Crippen LogP contribution in [0.4, 0.5) is 5.69 Å². The summed E-state index contributed by atoms with van der Waals surface area (Å²) < 4.78 is 0. The van der Waals surface area contributed by atoms with E-state index in [-0.39, 0.29) is 12.2 Å². The van der Waals surface area contributed by atoms with Crippen molar-refractivity contribution in [2.24, 2.45) is 0 Å². The molecule has 0 saturated heterocycles. The van der Waals surface area contributed by atoms with Crippen LogP contribution in [0.5, 0.6) is 0 Å². The van der Waals surface area contributed by atoms with E-state index < -0.39 is 0 Å². The number of ketones is 1. The van der Waals surface area contributed by atoms with E-state index in [1.807, 2.05) is 0 Å². The summed E-state index contributed by atoms with van der Waals surface area (Å²) in [4.78, 5) is 12.2. The van der Waals surface area contributed by atoms with Crippen LogP contribution in [0.2, 0.25) is 15.1 Å². The van der Waals surface area contributed by atoms with Crippen molar-refractivity contribution in [2.75, 3.05) is 5.73 Å². The molecular formula is C14H10Cl3NO. The molecule has 19 heavy (non-hydrogen) atoms. The van der Waals surface area contributed by atoms with Gasteiger partial charge in [0, 0.05) is 27.7 Å². The lowest BCUT2D eigenvalue weighted by Gasteiger charge is -2.06. The van der Waals surface area contributed by atoms with Crippen molar-refractivity contribution in [1.29, 1.82) is 0 Å². The molecule has 0 bridgehead atoms. The Balaban J connectivity index is 2.25. The molecule has 2 nitrogen and oxygen atoms in total. The Hall–Kier alpha value is -1.22. The number of Topliss-reactive ketones (excluding diaryl/α,β-unsaturated/α-hetero) is 1. The van der Waals surface area contributed by atoms with Crippen LogP contribution < -0.4 is 5.73 Å². The van der Waals surface area contributed by atoms with Crippen LogP contribution in [0, 0.1) is 0 Å². The summed E-state index contributed by atoms with van der Waals surface area (Å²) in [6, 6.07) is 9.84. The molecule has 0 amide bonds. The molecule has 0 fully saturated rings. The molecule has 2 aromatic carbocycles. The smallest absolute Gasteiger partial charge is 0.168 e. The predicted octanol–water partition coefficient (Wildman–Crippen LogP) is 4.65. The van der Waals surface area contributed by atoms with Gasteiger partial charge in [-0.2, -0.15) is 0 Å². The van der Waals surface area contributed by atoms with E-state index in [1.54, 1.807) is 36.4 Å². The highest BCUT2D eigenvalue weighted by Gasteiger charge is 2.13. The number of nitrogens with two attached hydrogens (primary N) is 1. The Bertz CT molecular complexity index is 641. The molecular weight excluding hydrogens is 305 g/mol. The van der Waals surface area contributed by atoms with Gasteiger partial charge in [0.1, 0.15) is 0 Å². The van der Waals surface area contributed by atoms with Gasteiger partial charge in [-0.25, -0.2) is 0 Å². The van der Waals surface area contributed by atoms with Crippen LogP contribution in [0.15, 0.2) is 36.4 Å². The number of carbonyl (C=O) groups excluding carboxylic acids is 1. The van der Waals surface area contributed by atoms with Gasteiger partial charge in [0.05, 0.1) is 5.02 Å². The minimum absolute atomic E-state index is 0.117. The molecule has 2 aromatic rings. The lowest BCUT2D eigenvalue weighted by molar-refractivity contribution is 0.0993. The van der Waals surface area contributed by atoms with Crippen LogP contribution in [-0.4, -0.2) is 5.78 Å². The van der Waals surface area contributed by atoms with Crippen LogP contribution >= 0.6 is 34.8 Å². The molecule has 0 aromatic heterocycles. The van der Waals surface area contributed by atoms with E-state index >= 15 is 0 Å². The zero-order valence-corrected chi connectivity index (χ0v) is 12.1. The quantitative estimate of drug-likeness (QED) is 0.661. The van der Waals surface area contributed by atoms with Crippen molar-refractivity contribution in [3.05, 3.63) is 62.6 Å². The molecule has 0 aliphatic heterocycles. The maximum Gasteiger partial charge on any atom is 0.168 e. The number of hydrogen-bond donors (Lipinski definition) is 1. The second-order valence-corrected chi connectivity index (χ2v) is 5.33. The molecule has 0 aliphatic carbocycles. The van der Waals surface area contributed by atoms with E-state index in [2.05, 4.69) is 0 Å². The van der Waals surface area contributed by atoms with Gasteiger partial charge in [-0.1, -0.05) is 40.9 Å².